The third kappa shape index (κ3) is 3.24. The van der Waals surface area contributed by atoms with E-state index in [9.17, 15) is 5.11 Å². The molecule has 0 bridgehead atoms. The predicted octanol–water partition coefficient (Wildman–Crippen LogP) is 2.08. The highest BCUT2D eigenvalue weighted by molar-refractivity contribution is 5.39. The zero-order valence-electron chi connectivity index (χ0n) is 11.8. The van der Waals surface area contributed by atoms with Gasteiger partial charge < -0.3 is 14.6 Å². The molecule has 0 aliphatic rings. The molecule has 0 aliphatic carbocycles. The SMILES string of the molecule is COc1cc(CC(O)c2cc(C)ccc2OC)ncn1. The Bertz CT molecular complexity index is 587. The molecule has 2 aromatic rings. The van der Waals surface area contributed by atoms with Crippen molar-refractivity contribution in [3.63, 3.8) is 0 Å². The van der Waals surface area contributed by atoms with Crippen LogP contribution in [0.5, 0.6) is 11.6 Å². The number of nitrogens with zero attached hydrogens (tertiary/aromatic N) is 2. The number of methoxy groups -OCH3 is 2. The van der Waals surface area contributed by atoms with Crippen LogP contribution < -0.4 is 9.47 Å². The van der Waals surface area contributed by atoms with Crippen LogP contribution in [0.4, 0.5) is 0 Å². The molecule has 0 saturated carbocycles. The van der Waals surface area contributed by atoms with E-state index in [0.717, 1.165) is 11.1 Å². The molecule has 0 fully saturated rings. The van der Waals surface area contributed by atoms with Crippen molar-refractivity contribution in [2.45, 2.75) is 19.4 Å². The summed E-state index contributed by atoms with van der Waals surface area (Å²) in [5.74, 6) is 1.16. The first-order valence-electron chi connectivity index (χ1n) is 6.31. The first-order chi connectivity index (χ1) is 9.63. The Hall–Kier alpha value is -2.14. The zero-order valence-corrected chi connectivity index (χ0v) is 11.8. The molecule has 0 radical (unpaired) electrons. The van der Waals surface area contributed by atoms with Gasteiger partial charge in [0.2, 0.25) is 5.88 Å². The molecule has 2 rings (SSSR count). The van der Waals surface area contributed by atoms with E-state index >= 15 is 0 Å². The van der Waals surface area contributed by atoms with Crippen molar-refractivity contribution in [2.75, 3.05) is 14.2 Å². The summed E-state index contributed by atoms with van der Waals surface area (Å²) >= 11 is 0. The van der Waals surface area contributed by atoms with Crippen molar-refractivity contribution in [3.05, 3.63) is 47.4 Å². The Labute approximate surface area is 118 Å². The minimum Gasteiger partial charge on any atom is -0.496 e. The lowest BCUT2D eigenvalue weighted by Gasteiger charge is -2.15. The van der Waals surface area contributed by atoms with Crippen molar-refractivity contribution in [2.24, 2.45) is 0 Å². The van der Waals surface area contributed by atoms with Gasteiger partial charge in [-0.25, -0.2) is 9.97 Å². The molecule has 1 N–H and O–H groups in total. The van der Waals surface area contributed by atoms with Gasteiger partial charge in [-0.3, -0.25) is 0 Å². The molecule has 1 unspecified atom stereocenters. The van der Waals surface area contributed by atoms with Crippen LogP contribution in [0.25, 0.3) is 0 Å². The van der Waals surface area contributed by atoms with Crippen molar-refractivity contribution in [1.29, 1.82) is 0 Å². The molecule has 1 atom stereocenters. The van der Waals surface area contributed by atoms with Crippen LogP contribution in [0, 0.1) is 6.92 Å². The smallest absolute Gasteiger partial charge is 0.216 e. The second kappa shape index (κ2) is 6.34. The Kier molecular flexibility index (Phi) is 4.53. The number of aliphatic hydroxyl groups excluding tert-OH is 1. The van der Waals surface area contributed by atoms with Crippen molar-refractivity contribution in [1.82, 2.24) is 9.97 Å². The Balaban J connectivity index is 2.23. The van der Waals surface area contributed by atoms with E-state index in [1.54, 1.807) is 20.3 Å². The Morgan fingerprint density at radius 1 is 1.15 bits per heavy atom. The lowest BCUT2D eigenvalue weighted by Crippen LogP contribution is -2.06. The van der Waals surface area contributed by atoms with E-state index in [1.165, 1.54) is 6.33 Å². The van der Waals surface area contributed by atoms with E-state index in [1.807, 2.05) is 25.1 Å². The van der Waals surface area contributed by atoms with Crippen LogP contribution in [0.3, 0.4) is 0 Å². The molecule has 0 aliphatic heterocycles. The fourth-order valence-electron chi connectivity index (χ4n) is 2.02. The predicted molar refractivity (Wildman–Crippen MR) is 75.0 cm³/mol. The van der Waals surface area contributed by atoms with Crippen LogP contribution in [-0.2, 0) is 6.42 Å². The van der Waals surface area contributed by atoms with Gasteiger partial charge in [0.15, 0.2) is 0 Å². The van der Waals surface area contributed by atoms with Crippen molar-refractivity contribution >= 4 is 0 Å². The highest BCUT2D eigenvalue weighted by atomic mass is 16.5. The van der Waals surface area contributed by atoms with E-state index in [0.29, 0.717) is 23.7 Å². The average Bonchev–Trinajstić information content (AvgIpc) is 2.47. The van der Waals surface area contributed by atoms with Gasteiger partial charge in [-0.05, 0) is 19.1 Å². The second-order valence-corrected chi connectivity index (χ2v) is 4.52. The third-order valence-corrected chi connectivity index (χ3v) is 3.05. The Morgan fingerprint density at radius 3 is 2.65 bits per heavy atom. The maximum atomic E-state index is 10.4. The average molecular weight is 274 g/mol. The molecule has 5 nitrogen and oxygen atoms in total. The minimum atomic E-state index is -0.690. The number of aliphatic hydroxyl groups is 1. The molecular formula is C15H18N2O3. The summed E-state index contributed by atoms with van der Waals surface area (Å²) < 4.78 is 10.3. The molecule has 20 heavy (non-hydrogen) atoms. The molecule has 0 amide bonds. The van der Waals surface area contributed by atoms with Gasteiger partial charge in [-0.1, -0.05) is 11.6 Å². The van der Waals surface area contributed by atoms with Crippen LogP contribution >= 0.6 is 0 Å². The second-order valence-electron chi connectivity index (χ2n) is 4.52. The topological polar surface area (TPSA) is 64.5 Å². The monoisotopic (exact) mass is 274 g/mol. The number of aromatic nitrogens is 2. The quantitative estimate of drug-likeness (QED) is 0.904. The fourth-order valence-corrected chi connectivity index (χ4v) is 2.02. The number of aryl methyl sites for hydroxylation is 1. The molecular weight excluding hydrogens is 256 g/mol. The highest BCUT2D eigenvalue weighted by Gasteiger charge is 2.15. The first-order valence-corrected chi connectivity index (χ1v) is 6.31. The van der Waals surface area contributed by atoms with Crippen LogP contribution in [-0.4, -0.2) is 29.3 Å². The molecule has 0 saturated heterocycles. The van der Waals surface area contributed by atoms with Gasteiger partial charge in [0, 0.05) is 18.1 Å². The number of hydrogen-bond acceptors (Lipinski definition) is 5. The van der Waals surface area contributed by atoms with E-state index in [-0.39, 0.29) is 0 Å². The molecule has 5 heteroatoms. The fraction of sp³-hybridized carbons (Fsp3) is 0.333. The van der Waals surface area contributed by atoms with Crippen molar-refractivity contribution < 1.29 is 14.6 Å². The molecule has 1 aromatic carbocycles. The lowest BCUT2D eigenvalue weighted by atomic mass is 10.0. The standard InChI is InChI=1S/C15H18N2O3/c1-10-4-5-14(19-2)12(6-10)13(18)7-11-8-15(20-3)17-9-16-11/h4-6,8-9,13,18H,7H2,1-3H3. The van der Waals surface area contributed by atoms with Gasteiger partial charge >= 0.3 is 0 Å². The lowest BCUT2D eigenvalue weighted by molar-refractivity contribution is 0.172. The first kappa shape index (κ1) is 14.3. The summed E-state index contributed by atoms with van der Waals surface area (Å²) in [5.41, 5.74) is 2.54. The summed E-state index contributed by atoms with van der Waals surface area (Å²) in [4.78, 5) is 8.08. The Morgan fingerprint density at radius 2 is 1.95 bits per heavy atom. The summed E-state index contributed by atoms with van der Waals surface area (Å²) in [5, 5.41) is 10.4. The molecule has 106 valence electrons. The van der Waals surface area contributed by atoms with E-state index in [2.05, 4.69) is 9.97 Å². The highest BCUT2D eigenvalue weighted by Crippen LogP contribution is 2.28. The van der Waals surface area contributed by atoms with Gasteiger partial charge in [0.25, 0.3) is 0 Å². The van der Waals surface area contributed by atoms with Crippen LogP contribution in [0.1, 0.15) is 22.9 Å². The van der Waals surface area contributed by atoms with Gasteiger partial charge in [-0.15, -0.1) is 0 Å². The molecule has 1 aromatic heterocycles. The minimum absolute atomic E-state index is 0.374. The molecule has 0 spiro atoms. The van der Waals surface area contributed by atoms with Gasteiger partial charge in [-0.2, -0.15) is 0 Å². The molecule has 1 heterocycles. The maximum Gasteiger partial charge on any atom is 0.216 e. The number of rotatable bonds is 5. The van der Waals surface area contributed by atoms with Gasteiger partial charge in [0.05, 0.1) is 26.0 Å². The third-order valence-electron chi connectivity index (χ3n) is 3.05. The summed E-state index contributed by atoms with van der Waals surface area (Å²) in [6.45, 7) is 1.98. The van der Waals surface area contributed by atoms with Crippen LogP contribution in [0.15, 0.2) is 30.6 Å². The van der Waals surface area contributed by atoms with Gasteiger partial charge in [0.1, 0.15) is 12.1 Å². The number of hydrogen-bond donors (Lipinski definition) is 1. The zero-order chi connectivity index (χ0) is 14.5. The normalized spacial score (nSPS) is 12.0. The van der Waals surface area contributed by atoms with E-state index in [4.69, 9.17) is 9.47 Å². The number of ether oxygens (including phenoxy) is 2. The van der Waals surface area contributed by atoms with Crippen molar-refractivity contribution in [3.8, 4) is 11.6 Å². The summed E-state index contributed by atoms with van der Waals surface area (Å²) in [7, 11) is 3.14. The maximum absolute atomic E-state index is 10.4. The van der Waals surface area contributed by atoms with E-state index < -0.39 is 6.10 Å². The largest absolute Gasteiger partial charge is 0.496 e. The number of benzene rings is 1. The van der Waals surface area contributed by atoms with Crippen LogP contribution in [0.2, 0.25) is 0 Å². The summed E-state index contributed by atoms with van der Waals surface area (Å²) in [6.07, 6.45) is 1.11. The summed E-state index contributed by atoms with van der Waals surface area (Å²) in [6, 6.07) is 7.44.